The van der Waals surface area contributed by atoms with Crippen molar-refractivity contribution in [1.82, 2.24) is 4.90 Å². The van der Waals surface area contributed by atoms with E-state index in [1.165, 1.54) is 4.88 Å². The number of hydrogen-bond donors (Lipinski definition) is 1. The van der Waals surface area contributed by atoms with Crippen molar-refractivity contribution in [3.05, 3.63) is 22.4 Å². The molecule has 1 N–H and O–H groups in total. The van der Waals surface area contributed by atoms with Crippen LogP contribution in [0.3, 0.4) is 0 Å². The predicted molar refractivity (Wildman–Crippen MR) is 59.5 cm³/mol. The monoisotopic (exact) mass is 225 g/mol. The number of amides is 1. The molecule has 82 valence electrons. The van der Waals surface area contributed by atoms with Crippen molar-refractivity contribution in [3.63, 3.8) is 0 Å². The van der Waals surface area contributed by atoms with Crippen LogP contribution in [-0.4, -0.2) is 29.6 Å². The van der Waals surface area contributed by atoms with Gasteiger partial charge >= 0.3 is 0 Å². The van der Waals surface area contributed by atoms with E-state index >= 15 is 0 Å². The summed E-state index contributed by atoms with van der Waals surface area (Å²) in [5, 5.41) is 11.2. The van der Waals surface area contributed by atoms with Crippen molar-refractivity contribution in [2.75, 3.05) is 13.7 Å². The number of thiophene rings is 1. The highest BCUT2D eigenvalue weighted by atomic mass is 32.1. The van der Waals surface area contributed by atoms with Crippen LogP contribution in [0.1, 0.15) is 17.7 Å². The molecule has 1 saturated carbocycles. The summed E-state index contributed by atoms with van der Waals surface area (Å²) in [5.41, 5.74) is -0.438. The summed E-state index contributed by atoms with van der Waals surface area (Å²) in [6.07, 6.45) is 1.66. The molecule has 1 heterocycles. The first kappa shape index (κ1) is 10.6. The summed E-state index contributed by atoms with van der Waals surface area (Å²) >= 11 is 1.65. The van der Waals surface area contributed by atoms with E-state index in [1.807, 2.05) is 17.5 Å². The molecule has 1 aliphatic carbocycles. The van der Waals surface area contributed by atoms with Gasteiger partial charge in [0.2, 0.25) is 5.91 Å². The Bertz CT molecular complexity index is 343. The van der Waals surface area contributed by atoms with Gasteiger partial charge in [-0.2, -0.15) is 0 Å². The van der Waals surface area contributed by atoms with Gasteiger partial charge in [0.25, 0.3) is 0 Å². The molecular formula is C11H15NO2S. The van der Waals surface area contributed by atoms with Crippen molar-refractivity contribution >= 4 is 17.2 Å². The SMILES string of the molecule is CN(Cc1cccs1)C(=O)C1(CO)CC1. The standard InChI is InChI=1S/C11H15NO2S/c1-12(7-9-3-2-6-15-9)10(14)11(8-13)4-5-11/h2-3,6,13H,4-5,7-8H2,1H3. The van der Waals surface area contributed by atoms with Gasteiger partial charge in [0.15, 0.2) is 0 Å². The minimum Gasteiger partial charge on any atom is -0.395 e. The Morgan fingerprint density at radius 1 is 1.67 bits per heavy atom. The van der Waals surface area contributed by atoms with E-state index in [1.54, 1.807) is 23.3 Å². The number of carbonyl (C=O) groups is 1. The Morgan fingerprint density at radius 2 is 2.40 bits per heavy atom. The third-order valence-corrected chi connectivity index (χ3v) is 3.79. The van der Waals surface area contributed by atoms with Crippen molar-refractivity contribution in [2.24, 2.45) is 5.41 Å². The summed E-state index contributed by atoms with van der Waals surface area (Å²) in [6.45, 7) is 0.638. The lowest BCUT2D eigenvalue weighted by Gasteiger charge is -2.21. The molecule has 2 rings (SSSR count). The number of aliphatic hydroxyl groups is 1. The zero-order valence-electron chi connectivity index (χ0n) is 8.77. The predicted octanol–water partition coefficient (Wildman–Crippen LogP) is 1.48. The van der Waals surface area contributed by atoms with E-state index in [2.05, 4.69) is 0 Å². The molecule has 0 saturated heterocycles. The number of carbonyl (C=O) groups excluding carboxylic acids is 1. The third kappa shape index (κ3) is 2.06. The number of hydrogen-bond acceptors (Lipinski definition) is 3. The quantitative estimate of drug-likeness (QED) is 0.843. The summed E-state index contributed by atoms with van der Waals surface area (Å²) < 4.78 is 0. The van der Waals surface area contributed by atoms with Crippen LogP contribution in [0.15, 0.2) is 17.5 Å². The van der Waals surface area contributed by atoms with Crippen molar-refractivity contribution in [3.8, 4) is 0 Å². The average Bonchev–Trinajstić information content (AvgIpc) is 2.89. The van der Waals surface area contributed by atoms with Gasteiger partial charge < -0.3 is 10.0 Å². The van der Waals surface area contributed by atoms with Crippen molar-refractivity contribution in [2.45, 2.75) is 19.4 Å². The molecule has 0 atom stereocenters. The van der Waals surface area contributed by atoms with Gasteiger partial charge in [-0.3, -0.25) is 4.79 Å². The van der Waals surface area contributed by atoms with Gasteiger partial charge in [0.05, 0.1) is 18.6 Å². The third-order valence-electron chi connectivity index (χ3n) is 2.93. The maximum Gasteiger partial charge on any atom is 0.231 e. The molecule has 1 aromatic heterocycles. The molecule has 1 aromatic rings. The molecular weight excluding hydrogens is 210 g/mol. The maximum absolute atomic E-state index is 12.0. The van der Waals surface area contributed by atoms with Crippen LogP contribution < -0.4 is 0 Å². The molecule has 0 aliphatic heterocycles. The maximum atomic E-state index is 12.0. The lowest BCUT2D eigenvalue weighted by atomic mass is 10.1. The zero-order chi connectivity index (χ0) is 10.9. The molecule has 15 heavy (non-hydrogen) atoms. The Balaban J connectivity index is 1.96. The molecule has 1 aliphatic rings. The summed E-state index contributed by atoms with van der Waals surface area (Å²) in [7, 11) is 1.80. The molecule has 1 amide bonds. The smallest absolute Gasteiger partial charge is 0.231 e. The van der Waals surface area contributed by atoms with E-state index in [0.29, 0.717) is 6.54 Å². The fourth-order valence-corrected chi connectivity index (χ4v) is 2.46. The van der Waals surface area contributed by atoms with Crippen LogP contribution in [0.25, 0.3) is 0 Å². The Kier molecular flexibility index (Phi) is 2.80. The van der Waals surface area contributed by atoms with Crippen LogP contribution >= 0.6 is 11.3 Å². The summed E-state index contributed by atoms with van der Waals surface area (Å²) in [4.78, 5) is 14.9. The van der Waals surface area contributed by atoms with Gasteiger partial charge in [-0.15, -0.1) is 11.3 Å². The first-order valence-corrected chi connectivity index (χ1v) is 5.95. The molecule has 0 unspecified atom stereocenters. The van der Waals surface area contributed by atoms with Crippen LogP contribution in [0, 0.1) is 5.41 Å². The first-order chi connectivity index (χ1) is 7.18. The average molecular weight is 225 g/mol. The molecule has 0 aromatic carbocycles. The molecule has 4 heteroatoms. The van der Waals surface area contributed by atoms with Gasteiger partial charge in [-0.05, 0) is 24.3 Å². The Labute approximate surface area is 93.3 Å². The van der Waals surface area contributed by atoms with E-state index in [-0.39, 0.29) is 12.5 Å². The van der Waals surface area contributed by atoms with Crippen LogP contribution in [-0.2, 0) is 11.3 Å². The normalized spacial score (nSPS) is 17.5. The van der Waals surface area contributed by atoms with E-state index < -0.39 is 5.41 Å². The minimum absolute atomic E-state index is 0.0133. The van der Waals surface area contributed by atoms with E-state index in [9.17, 15) is 4.79 Å². The first-order valence-electron chi connectivity index (χ1n) is 5.07. The highest BCUT2D eigenvalue weighted by Gasteiger charge is 2.50. The summed E-state index contributed by atoms with van der Waals surface area (Å²) in [6, 6.07) is 4.00. The lowest BCUT2D eigenvalue weighted by molar-refractivity contribution is -0.137. The lowest BCUT2D eigenvalue weighted by Crippen LogP contribution is -2.35. The summed E-state index contributed by atoms with van der Waals surface area (Å²) in [5.74, 6) is 0.0819. The fraction of sp³-hybridized carbons (Fsp3) is 0.545. The van der Waals surface area contributed by atoms with Crippen LogP contribution in [0.4, 0.5) is 0 Å². The minimum atomic E-state index is -0.438. The number of aliphatic hydroxyl groups excluding tert-OH is 1. The highest BCUT2D eigenvalue weighted by Crippen LogP contribution is 2.46. The molecule has 3 nitrogen and oxygen atoms in total. The van der Waals surface area contributed by atoms with E-state index in [4.69, 9.17) is 5.11 Å². The highest BCUT2D eigenvalue weighted by molar-refractivity contribution is 7.09. The van der Waals surface area contributed by atoms with Gasteiger partial charge in [0.1, 0.15) is 0 Å². The van der Waals surface area contributed by atoms with Gasteiger partial charge in [-0.25, -0.2) is 0 Å². The second kappa shape index (κ2) is 3.94. The Morgan fingerprint density at radius 3 is 2.87 bits per heavy atom. The largest absolute Gasteiger partial charge is 0.395 e. The molecule has 0 radical (unpaired) electrons. The fourth-order valence-electron chi connectivity index (χ4n) is 1.70. The topological polar surface area (TPSA) is 40.5 Å². The van der Waals surface area contributed by atoms with Crippen LogP contribution in [0.5, 0.6) is 0 Å². The molecule has 1 fully saturated rings. The van der Waals surface area contributed by atoms with Gasteiger partial charge in [-0.1, -0.05) is 6.07 Å². The molecule has 0 bridgehead atoms. The Hall–Kier alpha value is -0.870. The van der Waals surface area contributed by atoms with Crippen LogP contribution in [0.2, 0.25) is 0 Å². The zero-order valence-corrected chi connectivity index (χ0v) is 9.59. The van der Waals surface area contributed by atoms with Crippen molar-refractivity contribution < 1.29 is 9.90 Å². The number of nitrogens with zero attached hydrogens (tertiary/aromatic N) is 1. The second-order valence-electron chi connectivity index (χ2n) is 4.18. The van der Waals surface area contributed by atoms with E-state index in [0.717, 1.165) is 12.8 Å². The molecule has 0 spiro atoms. The second-order valence-corrected chi connectivity index (χ2v) is 5.21. The van der Waals surface area contributed by atoms with Gasteiger partial charge in [0, 0.05) is 11.9 Å². The number of rotatable bonds is 4. The van der Waals surface area contributed by atoms with Crippen molar-refractivity contribution in [1.29, 1.82) is 0 Å².